The van der Waals surface area contributed by atoms with E-state index in [2.05, 4.69) is 110 Å². The van der Waals surface area contributed by atoms with Gasteiger partial charge in [-0.25, -0.2) is 54.5 Å². The van der Waals surface area contributed by atoms with Gasteiger partial charge in [-0.3, -0.25) is 0 Å². The molecule has 0 aliphatic carbocycles. The van der Waals surface area contributed by atoms with Crippen LogP contribution in [0, 0.1) is 13.1 Å². The van der Waals surface area contributed by atoms with E-state index in [-0.39, 0.29) is 0 Å². The summed E-state index contributed by atoms with van der Waals surface area (Å²) in [6.07, 6.45) is 0. The molecule has 96 heavy (non-hydrogen) atoms. The molecule has 17 aromatic rings. The third-order valence-corrected chi connectivity index (χ3v) is 17.3. The van der Waals surface area contributed by atoms with Crippen LogP contribution in [0.1, 0.15) is 0 Å². The normalized spacial score (nSPS) is 11.3. The zero-order valence-corrected chi connectivity index (χ0v) is 51.1. The summed E-state index contributed by atoms with van der Waals surface area (Å²) in [5.41, 5.74) is 14.8. The Kier molecular flexibility index (Phi) is 13.9. The molecule has 5 heterocycles. The van der Waals surface area contributed by atoms with Crippen molar-refractivity contribution in [2.75, 3.05) is 0 Å². The van der Waals surface area contributed by atoms with Crippen LogP contribution < -0.4 is 0 Å². The Morgan fingerprint density at radius 1 is 0.229 bits per heavy atom. The highest BCUT2D eigenvalue weighted by molar-refractivity contribution is 6.13. The monoisotopic (exact) mass is 1230 g/mol. The van der Waals surface area contributed by atoms with Crippen molar-refractivity contribution in [1.29, 1.82) is 0 Å². The molecule has 0 N–H and O–H groups in total. The minimum atomic E-state index is 0.299. The van der Waals surface area contributed by atoms with E-state index in [1.165, 1.54) is 0 Å². The van der Waals surface area contributed by atoms with Crippen molar-refractivity contribution in [2.45, 2.75) is 0 Å². The van der Waals surface area contributed by atoms with Gasteiger partial charge in [0.2, 0.25) is 0 Å². The SMILES string of the molecule is [C-]#[N+]c1ccc(-c2cccc(-n3c4ccccc4c4cc(-c5nc(-c6ccccc6)nc(-c6ccccc6)n5)ccc43)c2-c2nc(-c3ccccc3)nc(-c3c([N+]#[C-])cccc3-n3c4ccccc4c4cc(-c5nc(-c6ccccc6)nc(-c6ccccc6)n5)ccc43)n2)cc1. The fourth-order valence-corrected chi connectivity index (χ4v) is 12.9. The first kappa shape index (κ1) is 56.2. The first-order valence-corrected chi connectivity index (χ1v) is 31.3. The maximum absolute atomic E-state index is 8.92. The van der Waals surface area contributed by atoms with Crippen molar-refractivity contribution in [1.82, 2.24) is 54.0 Å². The molecular formula is C83H49N13. The summed E-state index contributed by atoms with van der Waals surface area (Å²) in [7, 11) is 0. The second-order valence-electron chi connectivity index (χ2n) is 23.1. The first-order chi connectivity index (χ1) is 47.5. The molecule has 0 saturated heterocycles. The Balaban J connectivity index is 0.880. The van der Waals surface area contributed by atoms with Gasteiger partial charge in [0.05, 0.1) is 46.5 Å². The number of aromatic nitrogens is 11. The number of fused-ring (bicyclic) bond motifs is 6. The number of hydrogen-bond acceptors (Lipinski definition) is 9. The van der Waals surface area contributed by atoms with Crippen molar-refractivity contribution >= 4 is 55.0 Å². The average molecular weight is 1230 g/mol. The minimum Gasteiger partial charge on any atom is -0.310 e. The van der Waals surface area contributed by atoms with Gasteiger partial charge in [-0.05, 0) is 71.8 Å². The molecule has 0 spiro atoms. The average Bonchev–Trinajstić information content (AvgIpc) is 1.54. The van der Waals surface area contributed by atoms with Crippen LogP contribution in [0.5, 0.6) is 0 Å². The van der Waals surface area contributed by atoms with Crippen molar-refractivity contribution in [3.05, 3.63) is 320 Å². The van der Waals surface area contributed by atoms with Gasteiger partial charge in [0.1, 0.15) is 0 Å². The lowest BCUT2D eigenvalue weighted by Gasteiger charge is -2.19. The Morgan fingerprint density at radius 2 is 0.552 bits per heavy atom. The number of para-hydroxylation sites is 2. The van der Waals surface area contributed by atoms with Crippen molar-refractivity contribution in [2.24, 2.45) is 0 Å². The third-order valence-electron chi connectivity index (χ3n) is 17.3. The zero-order valence-electron chi connectivity index (χ0n) is 51.1. The van der Waals surface area contributed by atoms with Gasteiger partial charge in [0.15, 0.2) is 63.8 Å². The van der Waals surface area contributed by atoms with E-state index in [1.807, 2.05) is 206 Å². The molecule has 0 saturated carbocycles. The number of hydrogen-bond donors (Lipinski definition) is 0. The molecule has 5 aromatic heterocycles. The summed E-state index contributed by atoms with van der Waals surface area (Å²) in [4.78, 5) is 55.0. The Bertz CT molecular complexity index is 5850. The quantitative estimate of drug-likeness (QED) is 0.110. The van der Waals surface area contributed by atoms with Gasteiger partial charge in [-0.1, -0.05) is 237 Å². The summed E-state index contributed by atoms with van der Waals surface area (Å²) < 4.78 is 4.48. The van der Waals surface area contributed by atoms with Crippen molar-refractivity contribution in [3.63, 3.8) is 0 Å². The van der Waals surface area contributed by atoms with E-state index in [0.29, 0.717) is 80.6 Å². The van der Waals surface area contributed by atoms with Crippen LogP contribution in [0.2, 0.25) is 0 Å². The lowest BCUT2D eigenvalue weighted by Crippen LogP contribution is -2.06. The highest BCUT2D eigenvalue weighted by Gasteiger charge is 2.27. The van der Waals surface area contributed by atoms with Gasteiger partial charge in [-0.2, -0.15) is 0 Å². The van der Waals surface area contributed by atoms with Gasteiger partial charge < -0.3 is 9.13 Å². The Morgan fingerprint density at radius 3 is 0.958 bits per heavy atom. The van der Waals surface area contributed by atoms with Crippen LogP contribution in [0.3, 0.4) is 0 Å². The van der Waals surface area contributed by atoms with E-state index in [0.717, 1.165) is 99.4 Å². The molecule has 0 unspecified atom stereocenters. The van der Waals surface area contributed by atoms with E-state index in [4.69, 9.17) is 58.0 Å². The van der Waals surface area contributed by atoms with Crippen LogP contribution in [0.15, 0.2) is 297 Å². The minimum absolute atomic E-state index is 0.299. The van der Waals surface area contributed by atoms with Crippen molar-refractivity contribution < 1.29 is 0 Å². The lowest BCUT2D eigenvalue weighted by molar-refractivity contribution is 1.06. The van der Waals surface area contributed by atoms with Crippen LogP contribution in [0.4, 0.5) is 11.4 Å². The third kappa shape index (κ3) is 10.0. The summed E-state index contributed by atoms with van der Waals surface area (Å²) in [5.74, 6) is 4.43. The van der Waals surface area contributed by atoms with E-state index >= 15 is 0 Å². The number of nitrogens with zero attached hydrogens (tertiary/aromatic N) is 13. The predicted molar refractivity (Wildman–Crippen MR) is 382 cm³/mol. The molecule has 0 fully saturated rings. The molecule has 0 radical (unpaired) electrons. The maximum Gasteiger partial charge on any atom is 0.200 e. The molecule has 0 bridgehead atoms. The molecule has 13 nitrogen and oxygen atoms in total. The van der Waals surface area contributed by atoms with Gasteiger partial charge >= 0.3 is 0 Å². The zero-order chi connectivity index (χ0) is 64.1. The van der Waals surface area contributed by atoms with Gasteiger partial charge in [-0.15, -0.1) is 0 Å². The fourth-order valence-electron chi connectivity index (χ4n) is 12.9. The molecule has 13 heteroatoms. The fraction of sp³-hybridized carbons (Fsp3) is 0. The Hall–Kier alpha value is -13.8. The van der Waals surface area contributed by atoms with E-state index in [9.17, 15) is 0 Å². The second kappa shape index (κ2) is 23.8. The maximum atomic E-state index is 8.92. The molecular weight excluding hydrogens is 1180 g/mol. The topological polar surface area (TPSA) is 135 Å². The second-order valence-corrected chi connectivity index (χ2v) is 23.1. The molecule has 17 rings (SSSR count). The van der Waals surface area contributed by atoms with Crippen molar-refractivity contribution in [3.8, 4) is 125 Å². The smallest absolute Gasteiger partial charge is 0.200 e. The highest BCUT2D eigenvalue weighted by atomic mass is 15.1. The van der Waals surface area contributed by atoms with Crippen LogP contribution >= 0.6 is 0 Å². The van der Waals surface area contributed by atoms with Gasteiger partial charge in [0.25, 0.3) is 0 Å². The van der Waals surface area contributed by atoms with Crippen LogP contribution in [-0.4, -0.2) is 54.0 Å². The molecule has 12 aromatic carbocycles. The highest BCUT2D eigenvalue weighted by Crippen LogP contribution is 2.45. The standard InChI is InChI=1S/C83H49N13/c1-84-60-46-42-52(43-47-60)61-36-22-40-71(95-67-38-20-18-34-62(67)64-50-58(44-48-69(64)95)80-88-75(53-24-8-3-9-25-53)86-76(89-80)54-26-10-4-11-27-54)73(61)82-92-79(57-32-16-7-17-33-57)93-83(94-82)74-66(85-2)37-23-41-72(74)96-68-39-21-19-35-63(68)65-51-59(45-49-70(65)96)81-90-77(55-28-12-5-13-29-55)87-78(91-81)56-30-14-6-15-31-56/h3-51H. The molecule has 0 aliphatic rings. The Labute approximate surface area is 551 Å². The summed E-state index contributed by atoms with van der Waals surface area (Å²) in [6.45, 7) is 16.8. The molecule has 0 amide bonds. The van der Waals surface area contributed by atoms with E-state index < -0.39 is 0 Å². The molecule has 446 valence electrons. The first-order valence-electron chi connectivity index (χ1n) is 31.3. The lowest BCUT2D eigenvalue weighted by atomic mass is 9.96. The summed E-state index contributed by atoms with van der Waals surface area (Å²) in [5, 5.41) is 3.92. The van der Waals surface area contributed by atoms with E-state index in [1.54, 1.807) is 0 Å². The van der Waals surface area contributed by atoms with Crippen LogP contribution in [0.25, 0.3) is 178 Å². The van der Waals surface area contributed by atoms with Crippen LogP contribution in [-0.2, 0) is 0 Å². The van der Waals surface area contributed by atoms with Gasteiger partial charge in [0, 0.05) is 71.7 Å². The number of rotatable bonds is 12. The predicted octanol–water partition coefficient (Wildman–Crippen LogP) is 20.2. The molecule has 0 atom stereocenters. The number of benzene rings is 12. The largest absolute Gasteiger partial charge is 0.310 e. The summed E-state index contributed by atoms with van der Waals surface area (Å²) >= 11 is 0. The summed E-state index contributed by atoms with van der Waals surface area (Å²) in [6, 6.07) is 98.8. The molecule has 0 aliphatic heterocycles.